The van der Waals surface area contributed by atoms with E-state index in [0.29, 0.717) is 35.7 Å². The molecular formula is C21H22ClF3N4O2. The van der Waals surface area contributed by atoms with E-state index in [1.807, 2.05) is 12.1 Å². The van der Waals surface area contributed by atoms with Crippen LogP contribution in [0.4, 0.5) is 13.2 Å². The second kappa shape index (κ2) is 10.3. The number of ether oxygens (including phenoxy) is 1. The summed E-state index contributed by atoms with van der Waals surface area (Å²) in [6, 6.07) is 14.7. The van der Waals surface area contributed by atoms with Gasteiger partial charge in [0.2, 0.25) is 5.91 Å². The van der Waals surface area contributed by atoms with Crippen LogP contribution in [-0.2, 0) is 17.4 Å². The molecule has 1 aromatic heterocycles. The van der Waals surface area contributed by atoms with E-state index in [2.05, 4.69) is 10.4 Å². The van der Waals surface area contributed by atoms with Gasteiger partial charge in [0.05, 0.1) is 25.0 Å². The maximum Gasteiger partial charge on any atom is 0.435 e. The molecule has 0 atom stereocenters. The van der Waals surface area contributed by atoms with Gasteiger partial charge < -0.3 is 15.8 Å². The number of nitrogens with zero attached hydrogens (tertiary/aromatic N) is 2. The van der Waals surface area contributed by atoms with E-state index in [0.717, 1.165) is 11.6 Å². The largest absolute Gasteiger partial charge is 0.497 e. The van der Waals surface area contributed by atoms with E-state index >= 15 is 0 Å². The van der Waals surface area contributed by atoms with Gasteiger partial charge in [-0.25, -0.2) is 4.68 Å². The maximum atomic E-state index is 13.3. The molecule has 166 valence electrons. The van der Waals surface area contributed by atoms with Crippen molar-refractivity contribution in [1.82, 2.24) is 15.1 Å². The zero-order valence-corrected chi connectivity index (χ0v) is 17.5. The lowest BCUT2D eigenvalue weighted by Gasteiger charge is -2.10. The molecule has 0 spiro atoms. The molecule has 3 rings (SSSR count). The molecule has 1 amide bonds. The molecule has 0 aliphatic rings. The van der Waals surface area contributed by atoms with Crippen LogP contribution in [0.5, 0.6) is 5.75 Å². The third kappa shape index (κ3) is 5.99. The van der Waals surface area contributed by atoms with Gasteiger partial charge in [-0.2, -0.15) is 18.3 Å². The Bertz CT molecular complexity index is 1000. The highest BCUT2D eigenvalue weighted by Crippen LogP contribution is 2.33. The Morgan fingerprint density at radius 3 is 2.32 bits per heavy atom. The maximum absolute atomic E-state index is 13.3. The lowest BCUT2D eigenvalue weighted by atomic mass is 10.1. The quantitative estimate of drug-likeness (QED) is 0.571. The summed E-state index contributed by atoms with van der Waals surface area (Å²) in [7, 11) is 1.51. The Balaban J connectivity index is 0.00000341. The summed E-state index contributed by atoms with van der Waals surface area (Å²) in [5.41, 5.74) is 6.59. The van der Waals surface area contributed by atoms with Gasteiger partial charge in [-0.3, -0.25) is 4.79 Å². The lowest BCUT2D eigenvalue weighted by molar-refractivity contribution is -0.141. The first-order valence-corrected chi connectivity index (χ1v) is 9.19. The molecule has 10 heteroatoms. The fourth-order valence-corrected chi connectivity index (χ4v) is 2.91. The fourth-order valence-electron chi connectivity index (χ4n) is 2.91. The summed E-state index contributed by atoms with van der Waals surface area (Å²) < 4.78 is 46.2. The van der Waals surface area contributed by atoms with E-state index in [-0.39, 0.29) is 24.9 Å². The normalized spacial score (nSPS) is 11.0. The topological polar surface area (TPSA) is 82.2 Å². The number of benzene rings is 2. The molecule has 0 bridgehead atoms. The second-order valence-corrected chi connectivity index (χ2v) is 6.52. The number of halogens is 4. The summed E-state index contributed by atoms with van der Waals surface area (Å²) >= 11 is 0. The van der Waals surface area contributed by atoms with E-state index in [1.54, 1.807) is 36.4 Å². The summed E-state index contributed by atoms with van der Waals surface area (Å²) in [6.07, 6.45) is -3.98. The predicted octanol–water partition coefficient (Wildman–Crippen LogP) is 3.61. The Morgan fingerprint density at radius 2 is 1.77 bits per heavy atom. The van der Waals surface area contributed by atoms with Crippen molar-refractivity contribution < 1.29 is 22.7 Å². The van der Waals surface area contributed by atoms with Gasteiger partial charge >= 0.3 is 6.18 Å². The molecule has 3 N–H and O–H groups in total. The van der Waals surface area contributed by atoms with Crippen molar-refractivity contribution in [3.8, 4) is 22.7 Å². The average molecular weight is 455 g/mol. The number of methoxy groups -OCH3 is 1. The summed E-state index contributed by atoms with van der Waals surface area (Å²) in [5.74, 6) is 0.351. The number of aromatic nitrogens is 2. The first-order valence-electron chi connectivity index (χ1n) is 9.19. The number of nitrogens with two attached hydrogens (primary N) is 1. The minimum atomic E-state index is -4.56. The molecule has 1 heterocycles. The Kier molecular flexibility index (Phi) is 8.07. The minimum Gasteiger partial charge on any atom is -0.497 e. The van der Waals surface area contributed by atoms with Gasteiger partial charge in [-0.1, -0.05) is 24.3 Å². The average Bonchev–Trinajstić information content (AvgIpc) is 3.20. The van der Waals surface area contributed by atoms with Crippen LogP contribution in [0.15, 0.2) is 54.6 Å². The number of hydrogen-bond donors (Lipinski definition) is 2. The minimum absolute atomic E-state index is 0. The molecule has 0 aliphatic carbocycles. The van der Waals surface area contributed by atoms with Crippen molar-refractivity contribution >= 4 is 18.3 Å². The van der Waals surface area contributed by atoms with Crippen molar-refractivity contribution in [3.63, 3.8) is 0 Å². The Morgan fingerprint density at radius 1 is 1.13 bits per heavy atom. The van der Waals surface area contributed by atoms with Crippen LogP contribution in [0, 0.1) is 0 Å². The number of carbonyl (C=O) groups is 1. The van der Waals surface area contributed by atoms with Crippen molar-refractivity contribution in [2.45, 2.75) is 12.6 Å². The van der Waals surface area contributed by atoms with E-state index in [1.165, 1.54) is 11.8 Å². The number of alkyl halides is 3. The molecule has 2 aromatic carbocycles. The molecule has 6 nitrogen and oxygen atoms in total. The highest BCUT2D eigenvalue weighted by atomic mass is 35.5. The van der Waals surface area contributed by atoms with Crippen LogP contribution in [0.2, 0.25) is 0 Å². The van der Waals surface area contributed by atoms with E-state index in [9.17, 15) is 18.0 Å². The molecule has 3 aromatic rings. The third-order valence-electron chi connectivity index (χ3n) is 4.49. The highest BCUT2D eigenvalue weighted by Gasteiger charge is 2.35. The third-order valence-corrected chi connectivity index (χ3v) is 4.49. The number of rotatable bonds is 7. The zero-order chi connectivity index (χ0) is 21.7. The first kappa shape index (κ1) is 24.2. The van der Waals surface area contributed by atoms with Gasteiger partial charge in [0.1, 0.15) is 5.75 Å². The molecule has 0 unspecified atom stereocenters. The molecule has 0 fully saturated rings. The SMILES string of the molecule is COc1ccc(-n2nc(C(F)(F)F)cc2-c2ccc(CCNC(=O)CN)cc2)cc1.Cl. The van der Waals surface area contributed by atoms with Gasteiger partial charge in [0.25, 0.3) is 0 Å². The van der Waals surface area contributed by atoms with E-state index in [4.69, 9.17) is 10.5 Å². The monoisotopic (exact) mass is 454 g/mol. The summed E-state index contributed by atoms with van der Waals surface area (Å²) in [6.45, 7) is 0.354. The number of amides is 1. The van der Waals surface area contributed by atoms with Gasteiger partial charge in [-0.15, -0.1) is 12.4 Å². The molecular weight excluding hydrogens is 433 g/mol. The lowest BCUT2D eigenvalue weighted by Crippen LogP contribution is -2.31. The standard InChI is InChI=1S/C21H21F3N4O2.ClH/c1-30-17-8-6-16(7-9-17)28-18(12-19(27-28)21(22,23)24)15-4-2-14(3-5-15)10-11-26-20(29)13-25;/h2-9,12H,10-11,13,25H2,1H3,(H,26,29);1H. The van der Waals surface area contributed by atoms with Crippen LogP contribution in [0.3, 0.4) is 0 Å². The second-order valence-electron chi connectivity index (χ2n) is 6.52. The van der Waals surface area contributed by atoms with Gasteiger partial charge in [-0.05, 0) is 42.3 Å². The molecule has 0 radical (unpaired) electrons. The number of hydrogen-bond acceptors (Lipinski definition) is 4. The first-order chi connectivity index (χ1) is 14.3. The van der Waals surface area contributed by atoms with Crippen LogP contribution < -0.4 is 15.8 Å². The smallest absolute Gasteiger partial charge is 0.435 e. The molecule has 0 saturated carbocycles. The van der Waals surface area contributed by atoms with Crippen LogP contribution in [0.25, 0.3) is 16.9 Å². The van der Waals surface area contributed by atoms with Crippen molar-refractivity contribution in [2.75, 3.05) is 20.2 Å². The Hall–Kier alpha value is -3.04. The highest BCUT2D eigenvalue weighted by molar-refractivity contribution is 5.85. The predicted molar refractivity (Wildman–Crippen MR) is 114 cm³/mol. The Labute approximate surface area is 183 Å². The van der Waals surface area contributed by atoms with Crippen LogP contribution >= 0.6 is 12.4 Å². The fraction of sp³-hybridized carbons (Fsp3) is 0.238. The number of nitrogens with one attached hydrogen (secondary N) is 1. The van der Waals surface area contributed by atoms with Crippen molar-refractivity contribution in [1.29, 1.82) is 0 Å². The molecule has 31 heavy (non-hydrogen) atoms. The molecule has 0 aliphatic heterocycles. The van der Waals surface area contributed by atoms with E-state index < -0.39 is 11.9 Å². The van der Waals surface area contributed by atoms with Crippen LogP contribution in [0.1, 0.15) is 11.3 Å². The zero-order valence-electron chi connectivity index (χ0n) is 16.6. The van der Waals surface area contributed by atoms with Crippen LogP contribution in [-0.4, -0.2) is 35.9 Å². The van der Waals surface area contributed by atoms with Gasteiger partial charge in [0, 0.05) is 12.1 Å². The summed E-state index contributed by atoms with van der Waals surface area (Å²) in [4.78, 5) is 11.2. The number of carbonyl (C=O) groups excluding carboxylic acids is 1. The van der Waals surface area contributed by atoms with Crippen molar-refractivity contribution in [2.24, 2.45) is 5.73 Å². The van der Waals surface area contributed by atoms with Crippen molar-refractivity contribution in [3.05, 3.63) is 65.9 Å². The van der Waals surface area contributed by atoms with Gasteiger partial charge in [0.15, 0.2) is 5.69 Å². The summed E-state index contributed by atoms with van der Waals surface area (Å²) in [5, 5.41) is 6.45. The molecule has 0 saturated heterocycles.